The van der Waals surface area contributed by atoms with Crippen molar-refractivity contribution in [3.63, 3.8) is 0 Å². The molecule has 0 aliphatic carbocycles. The maximum absolute atomic E-state index is 12.4. The van der Waals surface area contributed by atoms with Crippen molar-refractivity contribution in [2.75, 3.05) is 11.4 Å². The van der Waals surface area contributed by atoms with Gasteiger partial charge in [-0.3, -0.25) is 4.79 Å². The minimum atomic E-state index is -3.83. The van der Waals surface area contributed by atoms with E-state index in [0.29, 0.717) is 11.4 Å². The zero-order valence-corrected chi connectivity index (χ0v) is 11.4. The summed E-state index contributed by atoms with van der Waals surface area (Å²) in [6.45, 7) is 0. The summed E-state index contributed by atoms with van der Waals surface area (Å²) in [4.78, 5) is 12.3. The molecule has 2 aromatic rings. The van der Waals surface area contributed by atoms with E-state index in [1.807, 2.05) is 0 Å². The molecule has 1 aliphatic rings. The number of hydrogen-bond acceptors (Lipinski definition) is 4. The van der Waals surface area contributed by atoms with Crippen LogP contribution in [0, 0.1) is 0 Å². The lowest BCUT2D eigenvalue weighted by atomic mass is 10.2. The molecule has 0 N–H and O–H groups in total. The van der Waals surface area contributed by atoms with Crippen molar-refractivity contribution in [3.05, 3.63) is 54.1 Å². The van der Waals surface area contributed by atoms with Gasteiger partial charge in [0.15, 0.2) is 0 Å². The zero-order chi connectivity index (χ0) is 14.3. The molecule has 0 aromatic heterocycles. The molecule has 2 aromatic carbocycles. The van der Waals surface area contributed by atoms with Crippen molar-refractivity contribution in [2.45, 2.75) is 4.90 Å². The van der Waals surface area contributed by atoms with E-state index >= 15 is 0 Å². The molecule has 20 heavy (non-hydrogen) atoms. The smallest absolute Gasteiger partial charge is 0.273 e. The van der Waals surface area contributed by atoms with Crippen LogP contribution in [0.4, 0.5) is 5.69 Å². The summed E-state index contributed by atoms with van der Waals surface area (Å²) in [7, 11) is -2.31. The maximum atomic E-state index is 12.4. The number of methoxy groups -OCH3 is 1. The van der Waals surface area contributed by atoms with E-state index in [4.69, 9.17) is 4.74 Å². The molecule has 3 rings (SSSR count). The minimum Gasteiger partial charge on any atom is -0.497 e. The summed E-state index contributed by atoms with van der Waals surface area (Å²) < 4.78 is 30.7. The highest BCUT2D eigenvalue weighted by atomic mass is 32.2. The second-order valence-corrected chi connectivity index (χ2v) is 6.02. The van der Waals surface area contributed by atoms with Crippen LogP contribution in [-0.2, 0) is 10.0 Å². The normalized spacial score (nSPS) is 16.1. The van der Waals surface area contributed by atoms with Crippen molar-refractivity contribution in [1.82, 2.24) is 0 Å². The maximum Gasteiger partial charge on any atom is 0.273 e. The van der Waals surface area contributed by atoms with E-state index in [2.05, 4.69) is 0 Å². The van der Waals surface area contributed by atoms with E-state index in [9.17, 15) is 13.2 Å². The van der Waals surface area contributed by atoms with Crippen molar-refractivity contribution < 1.29 is 17.9 Å². The predicted molar refractivity (Wildman–Crippen MR) is 73.4 cm³/mol. The van der Waals surface area contributed by atoms with Gasteiger partial charge in [0.1, 0.15) is 10.6 Å². The number of carbonyl (C=O) groups is 1. The molecule has 1 aliphatic heterocycles. The lowest BCUT2D eigenvalue weighted by Gasteiger charge is -2.15. The van der Waals surface area contributed by atoms with Gasteiger partial charge in [-0.1, -0.05) is 12.1 Å². The molecular formula is C14H11NO4S. The van der Waals surface area contributed by atoms with Crippen LogP contribution in [0.15, 0.2) is 53.4 Å². The van der Waals surface area contributed by atoms with Gasteiger partial charge in [-0.25, -0.2) is 8.42 Å². The van der Waals surface area contributed by atoms with E-state index in [1.54, 1.807) is 36.4 Å². The Kier molecular flexibility index (Phi) is 2.76. The molecule has 0 saturated carbocycles. The van der Waals surface area contributed by atoms with Crippen molar-refractivity contribution in [1.29, 1.82) is 0 Å². The van der Waals surface area contributed by atoms with Gasteiger partial charge in [-0.15, -0.1) is 0 Å². The predicted octanol–water partition coefficient (Wildman–Crippen LogP) is 2.04. The van der Waals surface area contributed by atoms with Gasteiger partial charge in [0, 0.05) is 0 Å². The number of amides is 1. The van der Waals surface area contributed by atoms with Crippen molar-refractivity contribution in [2.24, 2.45) is 0 Å². The van der Waals surface area contributed by atoms with Crippen LogP contribution in [0.2, 0.25) is 0 Å². The highest BCUT2D eigenvalue weighted by molar-refractivity contribution is 7.94. The number of rotatable bonds is 2. The highest BCUT2D eigenvalue weighted by Gasteiger charge is 2.41. The Bertz CT molecular complexity index is 781. The fraction of sp³-hybridized carbons (Fsp3) is 0.0714. The monoisotopic (exact) mass is 289 g/mol. The number of anilines is 1. The Hall–Kier alpha value is -2.34. The van der Waals surface area contributed by atoms with Crippen LogP contribution in [-0.4, -0.2) is 21.4 Å². The number of benzene rings is 2. The topological polar surface area (TPSA) is 63.7 Å². The Morgan fingerprint density at radius 1 is 1.00 bits per heavy atom. The number of ether oxygens (including phenoxy) is 1. The number of sulfonamides is 1. The third-order valence-corrected chi connectivity index (χ3v) is 4.90. The molecule has 1 heterocycles. The van der Waals surface area contributed by atoms with E-state index < -0.39 is 15.9 Å². The number of fused-ring (bicyclic) bond motifs is 1. The molecular weight excluding hydrogens is 278 g/mol. The van der Waals surface area contributed by atoms with E-state index in [1.165, 1.54) is 19.2 Å². The molecule has 0 atom stereocenters. The first-order valence-corrected chi connectivity index (χ1v) is 7.32. The molecule has 5 nitrogen and oxygen atoms in total. The first kappa shape index (κ1) is 12.7. The molecule has 0 saturated heterocycles. The standard InChI is InChI=1S/C14H11NO4S/c1-19-11-8-6-10(7-9-11)15-14(16)12-4-2-3-5-13(12)20(15,17)18/h2-9H,1H3. The average Bonchev–Trinajstić information content (AvgIpc) is 2.67. The highest BCUT2D eigenvalue weighted by Crippen LogP contribution is 2.34. The molecule has 0 spiro atoms. The third kappa shape index (κ3) is 1.69. The van der Waals surface area contributed by atoms with Crippen LogP contribution in [0.25, 0.3) is 0 Å². The third-order valence-electron chi connectivity index (χ3n) is 3.13. The zero-order valence-electron chi connectivity index (χ0n) is 10.6. The Morgan fingerprint density at radius 3 is 2.25 bits per heavy atom. The first-order chi connectivity index (χ1) is 9.55. The lowest BCUT2D eigenvalue weighted by Crippen LogP contribution is -2.29. The molecule has 6 heteroatoms. The van der Waals surface area contributed by atoms with Gasteiger partial charge in [-0.2, -0.15) is 4.31 Å². The molecule has 102 valence electrons. The van der Waals surface area contributed by atoms with Gasteiger partial charge in [0.2, 0.25) is 0 Å². The van der Waals surface area contributed by atoms with Gasteiger partial charge >= 0.3 is 0 Å². The van der Waals surface area contributed by atoms with Crippen LogP contribution in [0.5, 0.6) is 5.75 Å². The lowest BCUT2D eigenvalue weighted by molar-refractivity contribution is 0.101. The van der Waals surface area contributed by atoms with E-state index in [-0.39, 0.29) is 10.5 Å². The minimum absolute atomic E-state index is 0.0424. The molecule has 0 fully saturated rings. The number of carbonyl (C=O) groups excluding carboxylic acids is 1. The Morgan fingerprint density at radius 2 is 1.65 bits per heavy atom. The fourth-order valence-electron chi connectivity index (χ4n) is 2.16. The first-order valence-electron chi connectivity index (χ1n) is 5.88. The molecule has 0 unspecified atom stereocenters. The second kappa shape index (κ2) is 4.35. The second-order valence-electron chi connectivity index (χ2n) is 4.27. The van der Waals surface area contributed by atoms with Crippen molar-refractivity contribution in [3.8, 4) is 5.75 Å². The van der Waals surface area contributed by atoms with Crippen LogP contribution in [0.3, 0.4) is 0 Å². The van der Waals surface area contributed by atoms with Crippen LogP contribution in [0.1, 0.15) is 10.4 Å². The number of nitrogens with zero attached hydrogens (tertiary/aromatic N) is 1. The fourth-order valence-corrected chi connectivity index (χ4v) is 3.76. The van der Waals surface area contributed by atoms with Gasteiger partial charge in [-0.05, 0) is 36.4 Å². The number of hydrogen-bond donors (Lipinski definition) is 0. The summed E-state index contributed by atoms with van der Waals surface area (Å²) in [6, 6.07) is 12.5. The van der Waals surface area contributed by atoms with Crippen molar-refractivity contribution >= 4 is 21.6 Å². The Balaban J connectivity index is 2.14. The largest absolute Gasteiger partial charge is 0.497 e. The Labute approximate surface area is 116 Å². The molecule has 0 bridgehead atoms. The van der Waals surface area contributed by atoms with Gasteiger partial charge < -0.3 is 4.74 Å². The summed E-state index contributed by atoms with van der Waals surface area (Å²) >= 11 is 0. The molecule has 0 radical (unpaired) electrons. The summed E-state index contributed by atoms with van der Waals surface area (Å²) in [6.07, 6.45) is 0. The quantitative estimate of drug-likeness (QED) is 0.848. The SMILES string of the molecule is COc1ccc(N2C(=O)c3ccccc3S2(=O)=O)cc1. The summed E-state index contributed by atoms with van der Waals surface area (Å²) in [5.74, 6) is 0.0566. The van der Waals surface area contributed by atoms with Crippen LogP contribution < -0.4 is 9.04 Å². The van der Waals surface area contributed by atoms with Gasteiger partial charge in [0.05, 0.1) is 18.4 Å². The molecule has 1 amide bonds. The van der Waals surface area contributed by atoms with Crippen LogP contribution >= 0.6 is 0 Å². The average molecular weight is 289 g/mol. The van der Waals surface area contributed by atoms with E-state index in [0.717, 1.165) is 4.31 Å². The summed E-state index contributed by atoms with van der Waals surface area (Å²) in [5, 5.41) is 0. The summed E-state index contributed by atoms with van der Waals surface area (Å²) in [5.41, 5.74) is 0.496. The van der Waals surface area contributed by atoms with Gasteiger partial charge in [0.25, 0.3) is 15.9 Å².